The minimum atomic E-state index is -0.312. The van der Waals surface area contributed by atoms with Crippen LogP contribution in [-0.2, 0) is 13.1 Å². The number of methoxy groups -OCH3 is 1. The first-order valence-corrected chi connectivity index (χ1v) is 8.35. The molecule has 2 amide bonds. The number of pyridine rings is 1. The molecule has 0 saturated heterocycles. The Hall–Kier alpha value is -2.99. The number of halogens is 1. The number of hydrogen-bond acceptors (Lipinski definition) is 4. The van der Waals surface area contributed by atoms with E-state index in [0.717, 1.165) is 5.69 Å². The van der Waals surface area contributed by atoms with Gasteiger partial charge in [0.05, 0.1) is 37.8 Å². The molecule has 0 atom stereocenters. The smallest absolute Gasteiger partial charge is 0.322 e. The molecule has 0 fully saturated rings. The third kappa shape index (κ3) is 4.55. The van der Waals surface area contributed by atoms with Crippen LogP contribution in [0.15, 0.2) is 65.4 Å². The van der Waals surface area contributed by atoms with Crippen molar-refractivity contribution in [3.8, 4) is 5.75 Å². The molecule has 0 aliphatic heterocycles. The van der Waals surface area contributed by atoms with Crippen molar-refractivity contribution in [3.05, 3.63) is 77.5 Å². The Labute approximate surface area is 156 Å². The summed E-state index contributed by atoms with van der Waals surface area (Å²) in [7, 11) is 1.54. The molecule has 26 heavy (non-hydrogen) atoms. The molecular formula is C19H18ClN3O3. The number of amides is 2. The summed E-state index contributed by atoms with van der Waals surface area (Å²) in [5, 5.41) is 3.35. The Morgan fingerprint density at radius 3 is 2.81 bits per heavy atom. The minimum absolute atomic E-state index is 0.304. The zero-order valence-electron chi connectivity index (χ0n) is 14.2. The Morgan fingerprint density at radius 2 is 2.12 bits per heavy atom. The van der Waals surface area contributed by atoms with Gasteiger partial charge in [0.15, 0.2) is 0 Å². The van der Waals surface area contributed by atoms with Crippen LogP contribution in [0.25, 0.3) is 0 Å². The number of rotatable bonds is 6. The van der Waals surface area contributed by atoms with Crippen molar-refractivity contribution in [2.75, 3.05) is 12.4 Å². The fraction of sp³-hybridized carbons (Fsp3) is 0.158. The topological polar surface area (TPSA) is 67.6 Å². The van der Waals surface area contributed by atoms with E-state index in [4.69, 9.17) is 20.8 Å². The van der Waals surface area contributed by atoms with E-state index in [1.807, 2.05) is 24.3 Å². The summed E-state index contributed by atoms with van der Waals surface area (Å²) in [6.45, 7) is 0.633. The van der Waals surface area contributed by atoms with Crippen molar-refractivity contribution in [2.45, 2.75) is 13.1 Å². The van der Waals surface area contributed by atoms with Gasteiger partial charge in [0.25, 0.3) is 0 Å². The molecule has 2 heterocycles. The van der Waals surface area contributed by atoms with Gasteiger partial charge in [-0.25, -0.2) is 4.79 Å². The lowest BCUT2D eigenvalue weighted by Gasteiger charge is -2.22. The molecule has 2 aromatic heterocycles. The van der Waals surface area contributed by atoms with E-state index in [0.29, 0.717) is 35.3 Å². The second-order valence-corrected chi connectivity index (χ2v) is 5.97. The quantitative estimate of drug-likeness (QED) is 0.689. The average Bonchev–Trinajstić information content (AvgIpc) is 3.15. The molecule has 7 heteroatoms. The van der Waals surface area contributed by atoms with Gasteiger partial charge >= 0.3 is 6.03 Å². The maximum absolute atomic E-state index is 12.9. The number of anilines is 1. The van der Waals surface area contributed by atoms with Gasteiger partial charge in [-0.3, -0.25) is 4.98 Å². The summed E-state index contributed by atoms with van der Waals surface area (Å²) in [5.74, 6) is 1.20. The summed E-state index contributed by atoms with van der Waals surface area (Å²) in [6.07, 6.45) is 3.27. The number of nitrogens with zero attached hydrogens (tertiary/aromatic N) is 2. The third-order valence-corrected chi connectivity index (χ3v) is 3.93. The lowest BCUT2D eigenvalue weighted by molar-refractivity contribution is 0.200. The van der Waals surface area contributed by atoms with E-state index >= 15 is 0 Å². The van der Waals surface area contributed by atoms with E-state index < -0.39 is 0 Å². The highest BCUT2D eigenvalue weighted by atomic mass is 35.5. The summed E-state index contributed by atoms with van der Waals surface area (Å²) < 4.78 is 10.7. The van der Waals surface area contributed by atoms with Crippen molar-refractivity contribution >= 4 is 23.3 Å². The van der Waals surface area contributed by atoms with E-state index in [2.05, 4.69) is 10.3 Å². The van der Waals surface area contributed by atoms with Crippen LogP contribution < -0.4 is 10.1 Å². The summed E-state index contributed by atoms with van der Waals surface area (Å²) >= 11 is 6.04. The molecule has 0 spiro atoms. The fourth-order valence-corrected chi connectivity index (χ4v) is 2.62. The van der Waals surface area contributed by atoms with Gasteiger partial charge in [0.1, 0.15) is 11.5 Å². The first kappa shape index (κ1) is 17.8. The minimum Gasteiger partial charge on any atom is -0.495 e. The van der Waals surface area contributed by atoms with Crippen LogP contribution in [-0.4, -0.2) is 23.0 Å². The van der Waals surface area contributed by atoms with Crippen molar-refractivity contribution in [1.29, 1.82) is 0 Å². The van der Waals surface area contributed by atoms with Gasteiger partial charge in [-0.05, 0) is 42.5 Å². The maximum Gasteiger partial charge on any atom is 0.322 e. The van der Waals surface area contributed by atoms with Gasteiger partial charge in [-0.1, -0.05) is 17.7 Å². The van der Waals surface area contributed by atoms with E-state index in [-0.39, 0.29) is 6.03 Å². The second kappa shape index (κ2) is 8.40. The Bertz CT molecular complexity index is 854. The molecule has 0 unspecified atom stereocenters. The second-order valence-electron chi connectivity index (χ2n) is 5.53. The zero-order valence-corrected chi connectivity index (χ0v) is 14.9. The number of benzene rings is 1. The number of urea groups is 1. The maximum atomic E-state index is 12.9. The molecule has 0 radical (unpaired) electrons. The van der Waals surface area contributed by atoms with E-state index in [1.54, 1.807) is 41.6 Å². The molecule has 1 N–H and O–H groups in total. The molecule has 3 aromatic rings. The van der Waals surface area contributed by atoms with Gasteiger partial charge in [0, 0.05) is 11.2 Å². The number of aromatic nitrogens is 1. The number of ether oxygens (including phenoxy) is 1. The number of carbonyl (C=O) groups is 1. The number of hydrogen-bond donors (Lipinski definition) is 1. The Balaban J connectivity index is 1.81. The molecule has 1 aromatic carbocycles. The predicted molar refractivity (Wildman–Crippen MR) is 99.2 cm³/mol. The van der Waals surface area contributed by atoms with Crippen LogP contribution in [0, 0.1) is 0 Å². The summed E-state index contributed by atoms with van der Waals surface area (Å²) in [4.78, 5) is 18.8. The Morgan fingerprint density at radius 1 is 1.23 bits per heavy atom. The monoisotopic (exact) mass is 371 g/mol. The molecule has 6 nitrogen and oxygen atoms in total. The molecule has 134 valence electrons. The van der Waals surface area contributed by atoms with Crippen molar-refractivity contribution < 1.29 is 13.9 Å². The van der Waals surface area contributed by atoms with Gasteiger partial charge in [-0.15, -0.1) is 0 Å². The number of nitrogens with one attached hydrogen (secondary N) is 1. The van der Waals surface area contributed by atoms with Crippen LogP contribution in [0.1, 0.15) is 11.5 Å². The van der Waals surface area contributed by atoms with Gasteiger partial charge in [-0.2, -0.15) is 0 Å². The Kier molecular flexibility index (Phi) is 5.76. The molecule has 0 bridgehead atoms. The largest absolute Gasteiger partial charge is 0.495 e. The molecule has 3 rings (SSSR count). The normalized spacial score (nSPS) is 10.4. The molecule has 0 aliphatic carbocycles. The van der Waals surface area contributed by atoms with E-state index in [9.17, 15) is 4.79 Å². The lowest BCUT2D eigenvalue weighted by atomic mass is 10.3. The van der Waals surface area contributed by atoms with Crippen LogP contribution in [0.4, 0.5) is 10.5 Å². The first-order valence-electron chi connectivity index (χ1n) is 7.97. The van der Waals surface area contributed by atoms with Crippen LogP contribution in [0.5, 0.6) is 5.75 Å². The third-order valence-electron chi connectivity index (χ3n) is 3.70. The lowest BCUT2D eigenvalue weighted by Crippen LogP contribution is -2.34. The summed E-state index contributed by atoms with van der Waals surface area (Å²) in [5.41, 5.74) is 1.27. The highest BCUT2D eigenvalue weighted by Gasteiger charge is 2.18. The highest BCUT2D eigenvalue weighted by molar-refractivity contribution is 6.31. The van der Waals surface area contributed by atoms with Crippen molar-refractivity contribution in [1.82, 2.24) is 9.88 Å². The number of furan rings is 1. The highest BCUT2D eigenvalue weighted by Crippen LogP contribution is 2.28. The fourth-order valence-electron chi connectivity index (χ4n) is 2.45. The number of carbonyl (C=O) groups excluding carboxylic acids is 1. The molecule has 0 saturated carbocycles. The van der Waals surface area contributed by atoms with Crippen molar-refractivity contribution in [2.24, 2.45) is 0 Å². The average molecular weight is 372 g/mol. The van der Waals surface area contributed by atoms with Gasteiger partial charge in [0.2, 0.25) is 0 Å². The van der Waals surface area contributed by atoms with Crippen LogP contribution >= 0.6 is 11.6 Å². The van der Waals surface area contributed by atoms with E-state index in [1.165, 1.54) is 7.11 Å². The van der Waals surface area contributed by atoms with Gasteiger partial charge < -0.3 is 19.4 Å². The zero-order chi connectivity index (χ0) is 18.4. The summed E-state index contributed by atoms with van der Waals surface area (Å²) in [6, 6.07) is 13.9. The van der Waals surface area contributed by atoms with Crippen LogP contribution in [0.2, 0.25) is 5.02 Å². The first-order chi connectivity index (χ1) is 12.7. The predicted octanol–water partition coefficient (Wildman–Crippen LogP) is 4.57. The van der Waals surface area contributed by atoms with Crippen LogP contribution in [0.3, 0.4) is 0 Å². The molecule has 0 aliphatic rings. The standard InChI is InChI=1S/C19H18ClN3O3/c1-25-18-8-7-14(20)11-17(18)22-19(24)23(13-16-6-4-10-26-16)12-15-5-2-3-9-21-15/h2-11H,12-13H2,1H3,(H,22,24). The molecular weight excluding hydrogens is 354 g/mol. The van der Waals surface area contributed by atoms with Crippen molar-refractivity contribution in [3.63, 3.8) is 0 Å². The SMILES string of the molecule is COc1ccc(Cl)cc1NC(=O)N(Cc1ccccn1)Cc1ccco1.